The van der Waals surface area contributed by atoms with Gasteiger partial charge in [0.15, 0.2) is 23.3 Å². The lowest BCUT2D eigenvalue weighted by molar-refractivity contribution is 0.101. The van der Waals surface area contributed by atoms with E-state index >= 15 is 0 Å². The van der Waals surface area contributed by atoms with Gasteiger partial charge < -0.3 is 0 Å². The number of hydrogen-bond acceptors (Lipinski definition) is 3. The number of nitrogens with zero attached hydrogens (tertiary/aromatic N) is 2. The summed E-state index contributed by atoms with van der Waals surface area (Å²) in [6.45, 7) is 3.14. The molecule has 0 saturated heterocycles. The maximum Gasteiger partial charge on any atom is 0.264 e. The molecule has 4 nitrogen and oxygen atoms in total. The maximum atomic E-state index is 13.5. The lowest BCUT2D eigenvalue weighted by Crippen LogP contribution is -2.20. The van der Waals surface area contributed by atoms with Crippen molar-refractivity contribution in [3.63, 3.8) is 0 Å². The molecular weight excluding hydrogens is 309 g/mol. The van der Waals surface area contributed by atoms with E-state index in [1.54, 1.807) is 19.9 Å². The van der Waals surface area contributed by atoms with E-state index in [0.717, 1.165) is 0 Å². The molecule has 0 bridgehead atoms. The summed E-state index contributed by atoms with van der Waals surface area (Å²) >= 11 is 0. The molecule has 22 heavy (non-hydrogen) atoms. The van der Waals surface area contributed by atoms with Crippen molar-refractivity contribution in [2.75, 3.05) is 5.32 Å². The van der Waals surface area contributed by atoms with Crippen LogP contribution in [0.4, 0.5) is 27.9 Å². The fraction of sp³-hybridized carbons (Fsp3) is 0.154. The Morgan fingerprint density at radius 1 is 0.864 bits per heavy atom. The van der Waals surface area contributed by atoms with Crippen molar-refractivity contribution in [2.45, 2.75) is 13.8 Å². The van der Waals surface area contributed by atoms with Gasteiger partial charge in [0, 0.05) is 11.4 Å². The van der Waals surface area contributed by atoms with Crippen LogP contribution < -0.4 is 5.32 Å². The number of amides is 1. The molecule has 0 saturated carbocycles. The topological polar surface area (TPSA) is 54.9 Å². The van der Waals surface area contributed by atoms with E-state index in [1.807, 2.05) is 5.32 Å². The van der Waals surface area contributed by atoms with E-state index < -0.39 is 40.6 Å². The SMILES string of the molecule is Cc1cc(C)nc(NC(=O)c2c(F)c(F)c(F)c(F)c2F)n1. The monoisotopic (exact) mass is 317 g/mol. The number of carbonyl (C=O) groups excluding carboxylic acids is 1. The van der Waals surface area contributed by atoms with E-state index in [1.165, 1.54) is 0 Å². The van der Waals surface area contributed by atoms with E-state index in [4.69, 9.17) is 0 Å². The number of aryl methyl sites for hydroxylation is 2. The van der Waals surface area contributed by atoms with Gasteiger partial charge in [-0.2, -0.15) is 0 Å². The lowest BCUT2D eigenvalue weighted by Gasteiger charge is -2.09. The zero-order valence-corrected chi connectivity index (χ0v) is 11.3. The van der Waals surface area contributed by atoms with Crippen LogP contribution in [0.5, 0.6) is 0 Å². The number of aromatic nitrogens is 2. The quantitative estimate of drug-likeness (QED) is 0.526. The van der Waals surface area contributed by atoms with Gasteiger partial charge in [-0.1, -0.05) is 0 Å². The molecule has 1 aromatic carbocycles. The second kappa shape index (κ2) is 5.66. The fourth-order valence-corrected chi connectivity index (χ4v) is 1.75. The number of anilines is 1. The largest absolute Gasteiger partial charge is 0.290 e. The Labute approximate surface area is 121 Å². The Morgan fingerprint density at radius 3 is 1.73 bits per heavy atom. The first-order chi connectivity index (χ1) is 10.2. The summed E-state index contributed by atoms with van der Waals surface area (Å²) < 4.78 is 66.0. The zero-order chi connectivity index (χ0) is 16.6. The smallest absolute Gasteiger partial charge is 0.264 e. The Hall–Kier alpha value is -2.58. The summed E-state index contributed by atoms with van der Waals surface area (Å²) in [6, 6.07) is 1.56. The normalized spacial score (nSPS) is 10.7. The first-order valence-electron chi connectivity index (χ1n) is 5.87. The minimum Gasteiger partial charge on any atom is -0.290 e. The molecule has 0 aliphatic carbocycles. The molecule has 9 heteroatoms. The molecule has 0 atom stereocenters. The number of hydrogen-bond donors (Lipinski definition) is 1. The summed E-state index contributed by atoms with van der Waals surface area (Å²) in [5.74, 6) is -13.1. The Kier molecular flexibility index (Phi) is 4.07. The molecule has 1 amide bonds. The molecule has 2 aromatic rings. The number of halogens is 5. The van der Waals surface area contributed by atoms with Gasteiger partial charge in [-0.15, -0.1) is 0 Å². The average molecular weight is 317 g/mol. The van der Waals surface area contributed by atoms with Crippen molar-refractivity contribution >= 4 is 11.9 Å². The van der Waals surface area contributed by atoms with E-state index in [2.05, 4.69) is 9.97 Å². The van der Waals surface area contributed by atoms with E-state index in [-0.39, 0.29) is 5.95 Å². The maximum absolute atomic E-state index is 13.5. The molecule has 0 aliphatic rings. The summed E-state index contributed by atoms with van der Waals surface area (Å²) in [6.07, 6.45) is 0. The molecule has 0 spiro atoms. The number of benzene rings is 1. The number of carbonyl (C=O) groups is 1. The Balaban J connectivity index is 2.46. The van der Waals surface area contributed by atoms with Crippen molar-refractivity contribution in [1.82, 2.24) is 9.97 Å². The first-order valence-corrected chi connectivity index (χ1v) is 5.87. The van der Waals surface area contributed by atoms with Gasteiger partial charge >= 0.3 is 0 Å². The number of rotatable bonds is 2. The van der Waals surface area contributed by atoms with Crippen LogP contribution in [0.1, 0.15) is 21.7 Å². The summed E-state index contributed by atoms with van der Waals surface area (Å²) in [5.41, 5.74) is -0.709. The van der Waals surface area contributed by atoms with Gasteiger partial charge in [0.1, 0.15) is 5.56 Å². The highest BCUT2D eigenvalue weighted by molar-refractivity contribution is 6.03. The van der Waals surface area contributed by atoms with Crippen LogP contribution in [0.25, 0.3) is 0 Å². The minimum atomic E-state index is -2.34. The number of nitrogens with one attached hydrogen (secondary N) is 1. The highest BCUT2D eigenvalue weighted by Gasteiger charge is 2.30. The molecule has 0 aliphatic heterocycles. The third-order valence-electron chi connectivity index (χ3n) is 2.64. The molecule has 116 valence electrons. The second-order valence-electron chi connectivity index (χ2n) is 4.37. The summed E-state index contributed by atoms with van der Waals surface area (Å²) in [4.78, 5) is 19.3. The van der Waals surface area contributed by atoms with Crippen molar-refractivity contribution in [1.29, 1.82) is 0 Å². The fourth-order valence-electron chi connectivity index (χ4n) is 1.75. The van der Waals surface area contributed by atoms with Crippen LogP contribution in [0.2, 0.25) is 0 Å². The van der Waals surface area contributed by atoms with E-state index in [0.29, 0.717) is 11.4 Å². The molecular formula is C13H8F5N3O. The predicted octanol–water partition coefficient (Wildman–Crippen LogP) is 3.04. The minimum absolute atomic E-state index is 0.313. The van der Waals surface area contributed by atoms with Crippen LogP contribution in [0, 0.1) is 42.9 Å². The van der Waals surface area contributed by atoms with Crippen molar-refractivity contribution in [2.24, 2.45) is 0 Å². The van der Waals surface area contributed by atoms with Crippen molar-refractivity contribution in [3.05, 3.63) is 52.1 Å². The van der Waals surface area contributed by atoms with E-state index in [9.17, 15) is 26.7 Å². The summed E-state index contributed by atoms with van der Waals surface area (Å²) in [5, 5.41) is 1.90. The van der Waals surface area contributed by atoms with Gasteiger partial charge in [-0.25, -0.2) is 31.9 Å². The van der Waals surface area contributed by atoms with Crippen LogP contribution >= 0.6 is 0 Å². The molecule has 2 rings (SSSR count). The van der Waals surface area contributed by atoms with Crippen molar-refractivity contribution in [3.8, 4) is 0 Å². The van der Waals surface area contributed by atoms with Crippen LogP contribution in [-0.2, 0) is 0 Å². The summed E-state index contributed by atoms with van der Waals surface area (Å²) in [7, 11) is 0. The molecule has 0 unspecified atom stereocenters. The third kappa shape index (κ3) is 2.74. The third-order valence-corrected chi connectivity index (χ3v) is 2.64. The van der Waals surface area contributed by atoms with Gasteiger partial charge in [-0.3, -0.25) is 10.1 Å². The predicted molar refractivity (Wildman–Crippen MR) is 65.7 cm³/mol. The van der Waals surface area contributed by atoms with Gasteiger partial charge in [0.25, 0.3) is 5.91 Å². The molecule has 1 heterocycles. The molecule has 0 fully saturated rings. The molecule has 1 N–H and O–H groups in total. The highest BCUT2D eigenvalue weighted by Crippen LogP contribution is 2.23. The van der Waals surface area contributed by atoms with Gasteiger partial charge in [0.2, 0.25) is 11.8 Å². The van der Waals surface area contributed by atoms with Crippen LogP contribution in [0.15, 0.2) is 6.07 Å². The molecule has 1 aromatic heterocycles. The average Bonchev–Trinajstić information content (AvgIpc) is 2.42. The standard InChI is InChI=1S/C13H8F5N3O/c1-4-3-5(2)20-13(19-4)21-12(22)6-7(14)9(16)11(18)10(17)8(6)15/h3H,1-2H3,(H,19,20,21,22). The highest BCUT2D eigenvalue weighted by atomic mass is 19.2. The van der Waals surface area contributed by atoms with Crippen LogP contribution in [0.3, 0.4) is 0 Å². The van der Waals surface area contributed by atoms with Crippen molar-refractivity contribution < 1.29 is 26.7 Å². The first kappa shape index (κ1) is 15.8. The Bertz CT molecular complexity index is 730. The van der Waals surface area contributed by atoms with Crippen LogP contribution in [-0.4, -0.2) is 15.9 Å². The lowest BCUT2D eigenvalue weighted by atomic mass is 10.1. The second-order valence-corrected chi connectivity index (χ2v) is 4.37. The molecule has 0 radical (unpaired) electrons. The van der Waals surface area contributed by atoms with Gasteiger partial charge in [-0.05, 0) is 19.9 Å². The Morgan fingerprint density at radius 2 is 1.27 bits per heavy atom. The zero-order valence-electron chi connectivity index (χ0n) is 11.3. The van der Waals surface area contributed by atoms with Gasteiger partial charge in [0.05, 0.1) is 0 Å².